The summed E-state index contributed by atoms with van der Waals surface area (Å²) in [5.74, 6) is 1.27. The van der Waals surface area contributed by atoms with Crippen molar-refractivity contribution in [3.05, 3.63) is 36.5 Å². The first kappa shape index (κ1) is 12.3. The Kier molecular flexibility index (Phi) is 2.49. The highest BCUT2D eigenvalue weighted by atomic mass is 16.3. The summed E-state index contributed by atoms with van der Waals surface area (Å²) in [6.45, 7) is 8.46. The zero-order chi connectivity index (χ0) is 13.8. The lowest BCUT2D eigenvalue weighted by Crippen LogP contribution is -2.22. The molecule has 1 aromatic rings. The van der Waals surface area contributed by atoms with Crippen molar-refractivity contribution < 1.29 is 9.90 Å². The minimum absolute atomic E-state index is 0.111. The van der Waals surface area contributed by atoms with Crippen molar-refractivity contribution in [3.8, 4) is 5.75 Å². The van der Waals surface area contributed by atoms with Crippen molar-refractivity contribution >= 4 is 11.5 Å². The number of anilines is 1. The Morgan fingerprint density at radius 2 is 2.11 bits per heavy atom. The number of nitrogens with one attached hydrogen (secondary N) is 1. The second-order valence-electron chi connectivity index (χ2n) is 6.27. The number of para-hydroxylation sites is 2. The van der Waals surface area contributed by atoms with Crippen LogP contribution in [0.25, 0.3) is 0 Å². The van der Waals surface area contributed by atoms with Gasteiger partial charge in [0.15, 0.2) is 0 Å². The van der Waals surface area contributed by atoms with Gasteiger partial charge in [-0.05, 0) is 29.4 Å². The molecule has 0 spiro atoms. The smallest absolute Gasteiger partial charge is 0.142 e. The molecule has 2 saturated carbocycles. The van der Waals surface area contributed by atoms with Crippen molar-refractivity contribution in [1.82, 2.24) is 0 Å². The SMILES string of the molecule is C=C(Nc1ccccc1O)[C@H]1C(=O)C[C@@H]2[C@H]1C2(C)C. The third-order valence-electron chi connectivity index (χ3n) is 4.84. The lowest BCUT2D eigenvalue weighted by Gasteiger charge is -2.20. The summed E-state index contributed by atoms with van der Waals surface area (Å²) in [5, 5.41) is 12.9. The molecule has 0 radical (unpaired) electrons. The molecule has 0 amide bonds. The van der Waals surface area contributed by atoms with E-state index < -0.39 is 0 Å². The molecular formula is C16H19NO2. The van der Waals surface area contributed by atoms with E-state index >= 15 is 0 Å². The van der Waals surface area contributed by atoms with Crippen LogP contribution >= 0.6 is 0 Å². The monoisotopic (exact) mass is 257 g/mol. The second kappa shape index (κ2) is 3.86. The second-order valence-corrected chi connectivity index (χ2v) is 6.27. The molecule has 3 heteroatoms. The fourth-order valence-electron chi connectivity index (χ4n) is 3.62. The Bertz CT molecular complexity index is 562. The van der Waals surface area contributed by atoms with Crippen LogP contribution in [0, 0.1) is 23.2 Å². The fourth-order valence-corrected chi connectivity index (χ4v) is 3.62. The molecule has 2 N–H and O–H groups in total. The highest BCUT2D eigenvalue weighted by Gasteiger charge is 2.67. The van der Waals surface area contributed by atoms with Gasteiger partial charge in [0.2, 0.25) is 0 Å². The number of phenolic OH excluding ortho intramolecular Hbond substituents is 1. The number of carbonyl (C=O) groups excluding carboxylic acids is 1. The topological polar surface area (TPSA) is 49.3 Å². The number of hydrogen-bond donors (Lipinski definition) is 2. The van der Waals surface area contributed by atoms with Crippen LogP contribution in [0.5, 0.6) is 5.75 Å². The van der Waals surface area contributed by atoms with Crippen LogP contribution in [-0.2, 0) is 4.79 Å². The van der Waals surface area contributed by atoms with E-state index in [0.29, 0.717) is 29.6 Å². The summed E-state index contributed by atoms with van der Waals surface area (Å²) in [7, 11) is 0. The summed E-state index contributed by atoms with van der Waals surface area (Å²) in [5.41, 5.74) is 1.58. The van der Waals surface area contributed by atoms with Gasteiger partial charge in [0.05, 0.1) is 11.6 Å². The van der Waals surface area contributed by atoms with Crippen molar-refractivity contribution in [2.24, 2.45) is 23.2 Å². The van der Waals surface area contributed by atoms with Crippen LogP contribution in [0.4, 0.5) is 5.69 Å². The Labute approximate surface area is 113 Å². The molecule has 0 saturated heterocycles. The van der Waals surface area contributed by atoms with Gasteiger partial charge in [0, 0.05) is 12.1 Å². The van der Waals surface area contributed by atoms with E-state index in [4.69, 9.17) is 0 Å². The average molecular weight is 257 g/mol. The van der Waals surface area contributed by atoms with Crippen molar-refractivity contribution in [3.63, 3.8) is 0 Å². The summed E-state index contributed by atoms with van der Waals surface area (Å²) < 4.78 is 0. The summed E-state index contributed by atoms with van der Waals surface area (Å²) >= 11 is 0. The van der Waals surface area contributed by atoms with Gasteiger partial charge in [-0.2, -0.15) is 0 Å². The van der Waals surface area contributed by atoms with E-state index in [0.717, 1.165) is 0 Å². The number of allylic oxidation sites excluding steroid dienone is 1. The highest BCUT2D eigenvalue weighted by Crippen LogP contribution is 2.68. The number of benzene rings is 1. The van der Waals surface area contributed by atoms with E-state index in [-0.39, 0.29) is 22.9 Å². The Morgan fingerprint density at radius 3 is 2.74 bits per heavy atom. The number of aromatic hydroxyl groups is 1. The predicted molar refractivity (Wildman–Crippen MR) is 74.7 cm³/mol. The first-order valence-corrected chi connectivity index (χ1v) is 6.69. The number of ketones is 1. The van der Waals surface area contributed by atoms with Gasteiger partial charge in [0.1, 0.15) is 11.5 Å². The van der Waals surface area contributed by atoms with Gasteiger partial charge in [-0.15, -0.1) is 0 Å². The number of hydrogen-bond acceptors (Lipinski definition) is 3. The zero-order valence-electron chi connectivity index (χ0n) is 11.3. The Hall–Kier alpha value is -1.77. The van der Waals surface area contributed by atoms with Crippen molar-refractivity contribution in [2.75, 3.05) is 5.32 Å². The number of Topliss-reactive ketones (excluding diaryl/α,β-unsaturated/α-hetero) is 1. The van der Waals surface area contributed by atoms with Gasteiger partial charge in [-0.25, -0.2) is 0 Å². The molecule has 3 nitrogen and oxygen atoms in total. The summed E-state index contributed by atoms with van der Waals surface area (Å²) in [6, 6.07) is 7.02. The quantitative estimate of drug-likeness (QED) is 0.818. The van der Waals surface area contributed by atoms with E-state index in [9.17, 15) is 9.90 Å². The molecular weight excluding hydrogens is 238 g/mol. The standard InChI is InChI=1S/C16H19NO2/c1-9(17-11-6-4-5-7-12(11)18)14-13(19)8-10-15(14)16(10,2)3/h4-7,10,14-15,17-18H,1,8H2,2-3H3/t10-,14+,15-/m1/s1. The van der Waals surface area contributed by atoms with E-state index in [1.807, 2.05) is 6.07 Å². The lowest BCUT2D eigenvalue weighted by atomic mass is 9.89. The molecule has 0 aromatic heterocycles. The molecule has 2 fully saturated rings. The van der Waals surface area contributed by atoms with Gasteiger partial charge in [0.25, 0.3) is 0 Å². The Balaban J connectivity index is 1.78. The third kappa shape index (κ3) is 1.76. The van der Waals surface area contributed by atoms with E-state index in [1.54, 1.807) is 18.2 Å². The molecule has 100 valence electrons. The maximum absolute atomic E-state index is 12.1. The van der Waals surface area contributed by atoms with E-state index in [1.165, 1.54) is 0 Å². The van der Waals surface area contributed by atoms with Gasteiger partial charge >= 0.3 is 0 Å². The van der Waals surface area contributed by atoms with Crippen LogP contribution in [-0.4, -0.2) is 10.9 Å². The first-order valence-electron chi connectivity index (χ1n) is 6.69. The van der Waals surface area contributed by atoms with Crippen LogP contribution in [0.3, 0.4) is 0 Å². The molecule has 2 aliphatic carbocycles. The average Bonchev–Trinajstić information content (AvgIpc) is 2.72. The van der Waals surface area contributed by atoms with Gasteiger partial charge in [-0.1, -0.05) is 32.6 Å². The number of rotatable bonds is 3. The van der Waals surface area contributed by atoms with Gasteiger partial charge < -0.3 is 10.4 Å². The first-order chi connectivity index (χ1) is 8.93. The highest BCUT2D eigenvalue weighted by molar-refractivity contribution is 5.89. The van der Waals surface area contributed by atoms with E-state index in [2.05, 4.69) is 25.7 Å². The fraction of sp³-hybridized carbons (Fsp3) is 0.438. The number of fused-ring (bicyclic) bond motifs is 1. The van der Waals surface area contributed by atoms with Crippen LogP contribution in [0.1, 0.15) is 20.3 Å². The van der Waals surface area contributed by atoms with Crippen LogP contribution in [0.2, 0.25) is 0 Å². The minimum Gasteiger partial charge on any atom is -0.506 e. The number of carbonyl (C=O) groups is 1. The zero-order valence-corrected chi connectivity index (χ0v) is 11.3. The van der Waals surface area contributed by atoms with Crippen molar-refractivity contribution in [1.29, 1.82) is 0 Å². The normalized spacial score (nSPS) is 30.8. The van der Waals surface area contributed by atoms with Gasteiger partial charge in [-0.3, -0.25) is 4.79 Å². The van der Waals surface area contributed by atoms with Crippen molar-refractivity contribution in [2.45, 2.75) is 20.3 Å². The van der Waals surface area contributed by atoms with Crippen LogP contribution in [0.15, 0.2) is 36.5 Å². The molecule has 0 bridgehead atoms. The summed E-state index contributed by atoms with van der Waals surface area (Å²) in [4.78, 5) is 12.1. The molecule has 19 heavy (non-hydrogen) atoms. The largest absolute Gasteiger partial charge is 0.506 e. The minimum atomic E-state index is -0.111. The van der Waals surface area contributed by atoms with Crippen LogP contribution < -0.4 is 5.32 Å². The molecule has 2 aliphatic rings. The molecule has 0 aliphatic heterocycles. The molecule has 0 heterocycles. The maximum atomic E-state index is 12.1. The number of phenols is 1. The molecule has 3 rings (SSSR count). The maximum Gasteiger partial charge on any atom is 0.142 e. The third-order valence-corrected chi connectivity index (χ3v) is 4.84. The predicted octanol–water partition coefficient (Wildman–Crippen LogP) is 3.18. The Morgan fingerprint density at radius 1 is 1.42 bits per heavy atom. The molecule has 3 atom stereocenters. The molecule has 0 unspecified atom stereocenters. The molecule has 1 aromatic carbocycles. The summed E-state index contributed by atoms with van der Waals surface area (Å²) in [6.07, 6.45) is 0.670. The lowest BCUT2D eigenvalue weighted by molar-refractivity contribution is -0.121.